The van der Waals surface area contributed by atoms with Crippen LogP contribution in [0, 0.1) is 6.92 Å². The van der Waals surface area contributed by atoms with Gasteiger partial charge in [0.1, 0.15) is 5.82 Å². The third kappa shape index (κ3) is 4.48. The second-order valence-electron chi connectivity index (χ2n) is 5.88. The number of aryl methyl sites for hydroxylation is 1. The van der Waals surface area contributed by atoms with Crippen molar-refractivity contribution in [2.75, 3.05) is 13.2 Å². The molecule has 1 atom stereocenters. The summed E-state index contributed by atoms with van der Waals surface area (Å²) >= 11 is 0. The van der Waals surface area contributed by atoms with E-state index in [1.165, 1.54) is 18.4 Å². The number of hydrogen-bond acceptors (Lipinski definition) is 5. The lowest BCUT2D eigenvalue weighted by Gasteiger charge is -2.33. The number of aliphatic imine (C=N–C) groups is 2. The van der Waals surface area contributed by atoms with Crippen molar-refractivity contribution in [2.45, 2.75) is 45.6 Å². The molecule has 1 aliphatic rings. The summed E-state index contributed by atoms with van der Waals surface area (Å²) in [5, 5.41) is 0. The van der Waals surface area contributed by atoms with Crippen molar-refractivity contribution in [3.8, 4) is 0 Å². The van der Waals surface area contributed by atoms with Crippen LogP contribution in [0.1, 0.15) is 49.9 Å². The zero-order valence-electron chi connectivity index (χ0n) is 14.2. The molecule has 1 aromatic rings. The van der Waals surface area contributed by atoms with Crippen LogP contribution in [0.25, 0.3) is 0 Å². The standard InChI is InChI=1S/C18H27N5/c1-14(22-13-19)12-18(20-3)23-11-6-4-5-9-17(23)16-8-7-10-21-15(16)2/h7-8,10,12,17H,3-6,9,11,13,19H2,1-2H3/b18-12+,22-14-. The van der Waals surface area contributed by atoms with Gasteiger partial charge >= 0.3 is 0 Å². The highest BCUT2D eigenvalue weighted by atomic mass is 15.2. The highest BCUT2D eigenvalue weighted by Crippen LogP contribution is 2.34. The predicted octanol–water partition coefficient (Wildman–Crippen LogP) is 3.23. The fraction of sp³-hybridized carbons (Fsp3) is 0.500. The summed E-state index contributed by atoms with van der Waals surface area (Å²) in [4.78, 5) is 15.3. The van der Waals surface area contributed by atoms with Crippen molar-refractivity contribution in [3.63, 3.8) is 0 Å². The summed E-state index contributed by atoms with van der Waals surface area (Å²) in [6, 6.07) is 4.47. The quantitative estimate of drug-likeness (QED) is 0.849. The maximum atomic E-state index is 5.50. The number of likely N-dealkylation sites (tertiary alicyclic amines) is 1. The van der Waals surface area contributed by atoms with Crippen molar-refractivity contribution < 1.29 is 0 Å². The molecule has 0 radical (unpaired) electrons. The van der Waals surface area contributed by atoms with Gasteiger partial charge < -0.3 is 10.6 Å². The van der Waals surface area contributed by atoms with Crippen molar-refractivity contribution >= 4 is 12.4 Å². The van der Waals surface area contributed by atoms with Crippen molar-refractivity contribution in [2.24, 2.45) is 15.7 Å². The maximum Gasteiger partial charge on any atom is 0.130 e. The largest absolute Gasteiger partial charge is 0.349 e. The van der Waals surface area contributed by atoms with E-state index in [9.17, 15) is 0 Å². The van der Waals surface area contributed by atoms with E-state index in [1.807, 2.05) is 25.3 Å². The maximum absolute atomic E-state index is 5.50. The first-order valence-corrected chi connectivity index (χ1v) is 8.25. The Morgan fingerprint density at radius 1 is 1.48 bits per heavy atom. The zero-order chi connectivity index (χ0) is 16.7. The second-order valence-corrected chi connectivity index (χ2v) is 5.88. The van der Waals surface area contributed by atoms with E-state index in [2.05, 4.69) is 39.6 Å². The van der Waals surface area contributed by atoms with Gasteiger partial charge in [-0.2, -0.15) is 0 Å². The molecule has 1 saturated heterocycles. The van der Waals surface area contributed by atoms with E-state index >= 15 is 0 Å². The average molecular weight is 313 g/mol. The first-order chi connectivity index (χ1) is 11.2. The predicted molar refractivity (Wildman–Crippen MR) is 96.7 cm³/mol. The minimum Gasteiger partial charge on any atom is -0.349 e. The number of allylic oxidation sites excluding steroid dienone is 1. The lowest BCUT2D eigenvalue weighted by Crippen LogP contribution is -2.28. The first-order valence-electron chi connectivity index (χ1n) is 8.25. The number of nitrogens with two attached hydrogens (primary N) is 1. The molecule has 1 aliphatic heterocycles. The number of nitrogens with zero attached hydrogens (tertiary/aromatic N) is 4. The molecule has 124 valence electrons. The van der Waals surface area contributed by atoms with Crippen LogP contribution in [-0.2, 0) is 0 Å². The van der Waals surface area contributed by atoms with Gasteiger partial charge in [0, 0.05) is 30.2 Å². The van der Waals surface area contributed by atoms with Gasteiger partial charge in [0.15, 0.2) is 0 Å². The second kappa shape index (κ2) is 8.58. The van der Waals surface area contributed by atoms with Crippen molar-refractivity contribution in [3.05, 3.63) is 41.5 Å². The minimum atomic E-state index is 0.286. The van der Waals surface area contributed by atoms with Gasteiger partial charge in [-0.3, -0.25) is 9.98 Å². The van der Waals surface area contributed by atoms with E-state index in [4.69, 9.17) is 5.73 Å². The Bertz CT molecular complexity index is 591. The highest BCUT2D eigenvalue weighted by molar-refractivity contribution is 5.93. The topological polar surface area (TPSA) is 66.9 Å². The number of rotatable bonds is 5. The first kappa shape index (κ1) is 17.3. The fourth-order valence-corrected chi connectivity index (χ4v) is 3.15. The lowest BCUT2D eigenvalue weighted by molar-refractivity contribution is 0.257. The lowest BCUT2D eigenvalue weighted by atomic mass is 9.99. The monoisotopic (exact) mass is 313 g/mol. The third-order valence-electron chi connectivity index (χ3n) is 4.29. The van der Waals surface area contributed by atoms with Crippen LogP contribution in [0.4, 0.5) is 0 Å². The molecule has 0 aromatic carbocycles. The normalized spacial score (nSPS) is 20.3. The Labute approximate surface area is 139 Å². The molecule has 2 heterocycles. The van der Waals surface area contributed by atoms with Gasteiger partial charge in [-0.15, -0.1) is 0 Å². The number of aromatic nitrogens is 1. The molecule has 23 heavy (non-hydrogen) atoms. The highest BCUT2D eigenvalue weighted by Gasteiger charge is 2.25. The Balaban J connectivity index is 2.40. The molecule has 1 unspecified atom stereocenters. The SMILES string of the molecule is C=N/C(=C\C(C)=N/CN)N1CCCCCC1c1cccnc1C. The molecule has 0 bridgehead atoms. The molecule has 2 rings (SSSR count). The van der Waals surface area contributed by atoms with Gasteiger partial charge in [0.2, 0.25) is 0 Å². The molecule has 0 amide bonds. The molecule has 2 N–H and O–H groups in total. The van der Waals surface area contributed by atoms with E-state index in [1.54, 1.807) is 0 Å². The summed E-state index contributed by atoms with van der Waals surface area (Å²) in [6.45, 7) is 9.05. The van der Waals surface area contributed by atoms with Gasteiger partial charge in [-0.25, -0.2) is 4.99 Å². The van der Waals surface area contributed by atoms with Crippen molar-refractivity contribution in [1.29, 1.82) is 0 Å². The molecular weight excluding hydrogens is 286 g/mol. The zero-order valence-corrected chi connectivity index (χ0v) is 14.2. The van der Waals surface area contributed by atoms with Crippen LogP contribution in [0.2, 0.25) is 0 Å². The summed E-state index contributed by atoms with van der Waals surface area (Å²) in [6.07, 6.45) is 8.55. The van der Waals surface area contributed by atoms with E-state index in [0.717, 1.165) is 36.6 Å². The van der Waals surface area contributed by atoms with Crippen LogP contribution >= 0.6 is 0 Å². The molecular formula is C18H27N5. The summed E-state index contributed by atoms with van der Waals surface area (Å²) in [7, 11) is 0. The fourth-order valence-electron chi connectivity index (χ4n) is 3.15. The van der Waals surface area contributed by atoms with Crippen LogP contribution in [0.5, 0.6) is 0 Å². The van der Waals surface area contributed by atoms with Crippen LogP contribution in [0.15, 0.2) is 40.2 Å². The number of pyridine rings is 1. The third-order valence-corrected chi connectivity index (χ3v) is 4.29. The molecule has 0 saturated carbocycles. The van der Waals surface area contributed by atoms with Gasteiger partial charge in [-0.05, 0) is 45.0 Å². The Kier molecular flexibility index (Phi) is 6.47. The van der Waals surface area contributed by atoms with Crippen LogP contribution in [-0.4, -0.2) is 35.5 Å². The molecule has 5 nitrogen and oxygen atoms in total. The van der Waals surface area contributed by atoms with E-state index < -0.39 is 0 Å². The molecule has 1 fully saturated rings. The Hall–Kier alpha value is -2.01. The van der Waals surface area contributed by atoms with Gasteiger partial charge in [0.05, 0.1) is 12.7 Å². The summed E-state index contributed by atoms with van der Waals surface area (Å²) in [5.41, 5.74) is 8.74. The molecule has 1 aromatic heterocycles. The molecule has 0 aliphatic carbocycles. The Morgan fingerprint density at radius 2 is 2.30 bits per heavy atom. The van der Waals surface area contributed by atoms with Crippen LogP contribution < -0.4 is 5.73 Å². The van der Waals surface area contributed by atoms with E-state index in [-0.39, 0.29) is 12.7 Å². The minimum absolute atomic E-state index is 0.286. The smallest absolute Gasteiger partial charge is 0.130 e. The van der Waals surface area contributed by atoms with Crippen LogP contribution in [0.3, 0.4) is 0 Å². The summed E-state index contributed by atoms with van der Waals surface area (Å²) in [5.74, 6) is 0.870. The molecule has 0 spiro atoms. The van der Waals surface area contributed by atoms with Gasteiger partial charge in [-0.1, -0.05) is 18.9 Å². The van der Waals surface area contributed by atoms with Crippen molar-refractivity contribution in [1.82, 2.24) is 9.88 Å². The van der Waals surface area contributed by atoms with Gasteiger partial charge in [0.25, 0.3) is 0 Å². The van der Waals surface area contributed by atoms with E-state index in [0.29, 0.717) is 0 Å². The number of hydrogen-bond donors (Lipinski definition) is 1. The molecule has 5 heteroatoms. The Morgan fingerprint density at radius 3 is 3.00 bits per heavy atom. The average Bonchev–Trinajstić information content (AvgIpc) is 2.79. The summed E-state index contributed by atoms with van der Waals surface area (Å²) < 4.78 is 0.